The van der Waals surface area contributed by atoms with Gasteiger partial charge in [0.05, 0.1) is 6.10 Å². The van der Waals surface area contributed by atoms with Crippen molar-refractivity contribution in [2.45, 2.75) is 115 Å². The summed E-state index contributed by atoms with van der Waals surface area (Å²) < 4.78 is 0. The maximum absolute atomic E-state index is 10.6. The van der Waals surface area contributed by atoms with Gasteiger partial charge in [0.15, 0.2) is 0 Å². The first-order valence-electron chi connectivity index (χ1n) is 11.0. The lowest BCUT2D eigenvalue weighted by Gasteiger charge is -2.29. The number of aliphatic hydroxyl groups excluding tert-OH is 1. The van der Waals surface area contributed by atoms with Crippen molar-refractivity contribution in [1.82, 2.24) is 0 Å². The first-order valence-corrected chi connectivity index (χ1v) is 11.0. The van der Waals surface area contributed by atoms with Gasteiger partial charge in [-0.15, -0.1) is 0 Å². The van der Waals surface area contributed by atoms with Crippen molar-refractivity contribution in [2.75, 3.05) is 0 Å². The molecule has 1 saturated carbocycles. The van der Waals surface area contributed by atoms with Crippen LogP contribution in [0.15, 0.2) is 18.2 Å². The molecule has 1 aromatic carbocycles. The molecule has 2 nitrogen and oxygen atoms in total. The number of rotatable bonds is 10. The molecule has 1 fully saturated rings. The molecule has 148 valence electrons. The second-order valence-electron chi connectivity index (χ2n) is 9.05. The molecule has 2 atom stereocenters. The van der Waals surface area contributed by atoms with Crippen molar-refractivity contribution in [3.63, 3.8) is 0 Å². The second kappa shape index (κ2) is 10.3. The highest BCUT2D eigenvalue weighted by Crippen LogP contribution is 2.40. The van der Waals surface area contributed by atoms with Crippen molar-refractivity contribution in [2.24, 2.45) is 0 Å². The largest absolute Gasteiger partial charge is 0.508 e. The number of hydrogen-bond donors (Lipinski definition) is 2. The smallest absolute Gasteiger partial charge is 0.119 e. The SMILES string of the molecule is CCCCCCCCCC(C)(C)c1ccc([C@@H]2CCC[C@@H](O)C2)c(O)c1. The van der Waals surface area contributed by atoms with E-state index in [1.54, 1.807) is 0 Å². The summed E-state index contributed by atoms with van der Waals surface area (Å²) in [5, 5.41) is 20.5. The summed E-state index contributed by atoms with van der Waals surface area (Å²) in [6, 6.07) is 6.30. The Hall–Kier alpha value is -1.02. The predicted octanol–water partition coefficient (Wildman–Crippen LogP) is 6.83. The second-order valence-corrected chi connectivity index (χ2v) is 9.05. The number of unbranched alkanes of at least 4 members (excludes halogenated alkanes) is 6. The van der Waals surface area contributed by atoms with E-state index in [0.717, 1.165) is 31.2 Å². The van der Waals surface area contributed by atoms with E-state index in [1.165, 1.54) is 56.9 Å². The fourth-order valence-corrected chi connectivity index (χ4v) is 4.42. The van der Waals surface area contributed by atoms with E-state index in [2.05, 4.69) is 32.9 Å². The molecule has 1 aliphatic rings. The standard InChI is InChI=1S/C24H40O2/c1-4-5-6-7-8-9-10-16-24(2,3)20-14-15-22(23(26)18-20)19-12-11-13-21(25)17-19/h14-15,18-19,21,25-26H,4-13,16-17H2,1-3H3/t19-,21-/m1/s1. The Morgan fingerprint density at radius 1 is 1.00 bits per heavy atom. The number of hydrogen-bond acceptors (Lipinski definition) is 2. The quantitative estimate of drug-likeness (QED) is 0.449. The van der Waals surface area contributed by atoms with E-state index in [1.807, 2.05) is 6.07 Å². The van der Waals surface area contributed by atoms with Crippen molar-refractivity contribution >= 4 is 0 Å². The zero-order chi connectivity index (χ0) is 19.0. The normalized spacial score (nSPS) is 21.1. The lowest BCUT2D eigenvalue weighted by atomic mass is 9.77. The average Bonchev–Trinajstić information content (AvgIpc) is 2.61. The van der Waals surface area contributed by atoms with Crippen LogP contribution in [0, 0.1) is 0 Å². The molecule has 26 heavy (non-hydrogen) atoms. The van der Waals surface area contributed by atoms with E-state index in [4.69, 9.17) is 0 Å². The highest BCUT2D eigenvalue weighted by molar-refractivity contribution is 5.41. The van der Waals surface area contributed by atoms with Gasteiger partial charge in [0.25, 0.3) is 0 Å². The lowest BCUT2D eigenvalue weighted by molar-refractivity contribution is 0.119. The summed E-state index contributed by atoms with van der Waals surface area (Å²) >= 11 is 0. The molecule has 2 N–H and O–H groups in total. The summed E-state index contributed by atoms with van der Waals surface area (Å²) in [5.41, 5.74) is 2.37. The van der Waals surface area contributed by atoms with Crippen LogP contribution < -0.4 is 0 Å². The Morgan fingerprint density at radius 3 is 2.35 bits per heavy atom. The maximum Gasteiger partial charge on any atom is 0.119 e. The van der Waals surface area contributed by atoms with Gasteiger partial charge in [-0.3, -0.25) is 0 Å². The lowest BCUT2D eigenvalue weighted by Crippen LogP contribution is -2.19. The van der Waals surface area contributed by atoms with Crippen LogP contribution in [-0.2, 0) is 5.41 Å². The van der Waals surface area contributed by atoms with Crippen LogP contribution in [0.5, 0.6) is 5.75 Å². The minimum atomic E-state index is -0.207. The number of phenolic OH excluding ortho intramolecular Hbond substituents is 1. The molecule has 0 amide bonds. The third kappa shape index (κ3) is 6.30. The molecule has 1 aliphatic carbocycles. The van der Waals surface area contributed by atoms with Crippen molar-refractivity contribution in [3.8, 4) is 5.75 Å². The predicted molar refractivity (Wildman–Crippen MR) is 111 cm³/mol. The van der Waals surface area contributed by atoms with E-state index in [-0.39, 0.29) is 11.5 Å². The van der Waals surface area contributed by atoms with E-state index < -0.39 is 0 Å². The molecular weight excluding hydrogens is 320 g/mol. The summed E-state index contributed by atoms with van der Waals surface area (Å²) in [6.07, 6.45) is 14.1. The van der Waals surface area contributed by atoms with Gasteiger partial charge in [-0.2, -0.15) is 0 Å². The molecular formula is C24H40O2. The maximum atomic E-state index is 10.6. The van der Waals surface area contributed by atoms with E-state index >= 15 is 0 Å². The van der Waals surface area contributed by atoms with Gasteiger partial charge in [0.2, 0.25) is 0 Å². The van der Waals surface area contributed by atoms with Crippen molar-refractivity contribution in [1.29, 1.82) is 0 Å². The zero-order valence-corrected chi connectivity index (χ0v) is 17.3. The van der Waals surface area contributed by atoms with Gasteiger partial charge in [-0.1, -0.05) is 84.3 Å². The van der Waals surface area contributed by atoms with Crippen LogP contribution in [0.25, 0.3) is 0 Å². The third-order valence-corrected chi connectivity index (χ3v) is 6.30. The minimum Gasteiger partial charge on any atom is -0.508 e. The molecule has 1 aromatic rings. The van der Waals surface area contributed by atoms with Gasteiger partial charge in [0.1, 0.15) is 5.75 Å². The Bertz CT molecular complexity index is 535. The molecule has 2 rings (SSSR count). The van der Waals surface area contributed by atoms with Crippen LogP contribution in [0.4, 0.5) is 0 Å². The molecule has 0 unspecified atom stereocenters. The summed E-state index contributed by atoms with van der Waals surface area (Å²) in [6.45, 7) is 6.85. The molecule has 0 radical (unpaired) electrons. The van der Waals surface area contributed by atoms with E-state index in [9.17, 15) is 10.2 Å². The number of phenols is 1. The summed E-state index contributed by atoms with van der Waals surface area (Å²) in [5.74, 6) is 0.730. The average molecular weight is 361 g/mol. The first kappa shape index (κ1) is 21.3. The Morgan fingerprint density at radius 2 is 1.69 bits per heavy atom. The van der Waals surface area contributed by atoms with Crippen LogP contribution in [0.2, 0.25) is 0 Å². The molecule has 0 saturated heterocycles. The van der Waals surface area contributed by atoms with Crippen LogP contribution in [-0.4, -0.2) is 16.3 Å². The van der Waals surface area contributed by atoms with Gasteiger partial charge >= 0.3 is 0 Å². The van der Waals surface area contributed by atoms with Crippen molar-refractivity contribution < 1.29 is 10.2 Å². The first-order chi connectivity index (χ1) is 12.4. The van der Waals surface area contributed by atoms with Gasteiger partial charge < -0.3 is 10.2 Å². The zero-order valence-electron chi connectivity index (χ0n) is 17.3. The van der Waals surface area contributed by atoms with Crippen LogP contribution in [0.1, 0.15) is 115 Å². The van der Waals surface area contributed by atoms with Gasteiger partial charge in [-0.25, -0.2) is 0 Å². The number of aliphatic hydroxyl groups is 1. The number of benzene rings is 1. The molecule has 0 heterocycles. The Balaban J connectivity index is 1.87. The fourth-order valence-electron chi connectivity index (χ4n) is 4.42. The topological polar surface area (TPSA) is 40.5 Å². The fraction of sp³-hybridized carbons (Fsp3) is 0.750. The molecule has 2 heteroatoms. The Labute approximate surface area is 161 Å². The highest BCUT2D eigenvalue weighted by Gasteiger charge is 2.26. The summed E-state index contributed by atoms with van der Waals surface area (Å²) in [7, 11) is 0. The third-order valence-electron chi connectivity index (χ3n) is 6.30. The highest BCUT2D eigenvalue weighted by atomic mass is 16.3. The van der Waals surface area contributed by atoms with Crippen LogP contribution >= 0.6 is 0 Å². The van der Waals surface area contributed by atoms with Gasteiger partial charge in [-0.05, 0) is 54.2 Å². The minimum absolute atomic E-state index is 0.103. The number of aromatic hydroxyl groups is 1. The molecule has 0 aromatic heterocycles. The van der Waals surface area contributed by atoms with Gasteiger partial charge in [0, 0.05) is 0 Å². The molecule has 0 bridgehead atoms. The van der Waals surface area contributed by atoms with Crippen LogP contribution in [0.3, 0.4) is 0 Å². The molecule has 0 aliphatic heterocycles. The monoisotopic (exact) mass is 360 g/mol. The summed E-state index contributed by atoms with van der Waals surface area (Å²) in [4.78, 5) is 0. The Kier molecular flexibility index (Phi) is 8.47. The molecule has 0 spiro atoms. The van der Waals surface area contributed by atoms with Crippen molar-refractivity contribution in [3.05, 3.63) is 29.3 Å². The van der Waals surface area contributed by atoms with E-state index in [0.29, 0.717) is 11.7 Å².